The van der Waals surface area contributed by atoms with Crippen LogP contribution < -0.4 is 5.32 Å². The van der Waals surface area contributed by atoms with Gasteiger partial charge in [-0.05, 0) is 25.9 Å². The second kappa shape index (κ2) is 19.3. The molecule has 1 nitrogen and oxygen atoms in total. The van der Waals surface area contributed by atoms with E-state index in [0.29, 0.717) is 0 Å². The van der Waals surface area contributed by atoms with Gasteiger partial charge in [0, 0.05) is 0 Å². The zero-order valence-corrected chi connectivity index (χ0v) is 16.8. The van der Waals surface area contributed by atoms with Gasteiger partial charge in [-0.15, -0.1) is 0 Å². The molecule has 1 heteroatoms. The van der Waals surface area contributed by atoms with Crippen LogP contribution in [0.4, 0.5) is 0 Å². The standard InChI is InChI=1S/C23H47N/c1-2-4-6-8-10-12-14-16-18-20-22-24-23-21-19-17-15-13-11-9-7-5-3-1/h24H,1-23H2. The minimum atomic E-state index is 1.25. The van der Waals surface area contributed by atoms with E-state index in [1.54, 1.807) is 0 Å². The summed E-state index contributed by atoms with van der Waals surface area (Å²) in [5, 5.41) is 3.64. The molecule has 0 atom stereocenters. The lowest BCUT2D eigenvalue weighted by Crippen LogP contribution is -2.16. The molecule has 0 aliphatic carbocycles. The third kappa shape index (κ3) is 16.8. The van der Waals surface area contributed by atoms with E-state index < -0.39 is 0 Å². The van der Waals surface area contributed by atoms with E-state index >= 15 is 0 Å². The Bertz CT molecular complexity index is 116. The van der Waals surface area contributed by atoms with Crippen LogP contribution in [0.5, 0.6) is 0 Å². The van der Waals surface area contributed by atoms with Crippen LogP contribution in [0.2, 0.25) is 0 Å². The van der Waals surface area contributed by atoms with Crippen molar-refractivity contribution in [2.45, 2.75) is 135 Å². The van der Waals surface area contributed by atoms with Crippen molar-refractivity contribution in [3.05, 3.63) is 0 Å². The normalized spacial score (nSPS) is 24.0. The number of hydrogen-bond acceptors (Lipinski definition) is 1. The summed E-state index contributed by atoms with van der Waals surface area (Å²) >= 11 is 0. The van der Waals surface area contributed by atoms with Gasteiger partial charge in [0.15, 0.2) is 0 Å². The Kier molecular flexibility index (Phi) is 17.7. The molecule has 0 unspecified atom stereocenters. The molecule has 1 aliphatic rings. The molecule has 0 aromatic rings. The highest BCUT2D eigenvalue weighted by molar-refractivity contribution is 4.54. The zero-order valence-electron chi connectivity index (χ0n) is 16.8. The Balaban J connectivity index is 2.00. The molecule has 1 saturated heterocycles. The minimum absolute atomic E-state index is 1.25. The molecule has 0 amide bonds. The molecule has 0 radical (unpaired) electrons. The predicted octanol–water partition coefficient (Wildman–Crippen LogP) is 7.78. The van der Waals surface area contributed by atoms with E-state index in [-0.39, 0.29) is 0 Å². The first-order valence-electron chi connectivity index (χ1n) is 11.7. The first-order valence-corrected chi connectivity index (χ1v) is 11.7. The maximum atomic E-state index is 3.64. The molecule has 0 aromatic heterocycles. The number of hydrogen-bond donors (Lipinski definition) is 1. The summed E-state index contributed by atoms with van der Waals surface area (Å²) < 4.78 is 0. The third-order valence-electron chi connectivity index (χ3n) is 5.71. The van der Waals surface area contributed by atoms with E-state index in [1.807, 2.05) is 0 Å². The molecule has 0 bridgehead atoms. The molecule has 24 heavy (non-hydrogen) atoms. The van der Waals surface area contributed by atoms with Gasteiger partial charge in [0.25, 0.3) is 0 Å². The summed E-state index contributed by atoms with van der Waals surface area (Å²) in [5.74, 6) is 0. The minimum Gasteiger partial charge on any atom is -0.317 e. The number of rotatable bonds is 0. The average molecular weight is 338 g/mol. The van der Waals surface area contributed by atoms with Crippen LogP contribution in [-0.4, -0.2) is 13.1 Å². The van der Waals surface area contributed by atoms with E-state index in [4.69, 9.17) is 0 Å². The lowest BCUT2D eigenvalue weighted by atomic mass is 10.0. The number of nitrogens with one attached hydrogen (secondary N) is 1. The summed E-state index contributed by atoms with van der Waals surface area (Å²) in [6, 6.07) is 0. The van der Waals surface area contributed by atoms with Gasteiger partial charge in [0.05, 0.1) is 0 Å². The quantitative estimate of drug-likeness (QED) is 0.475. The fraction of sp³-hybridized carbons (Fsp3) is 1.00. The fourth-order valence-electron chi connectivity index (χ4n) is 3.98. The van der Waals surface area contributed by atoms with E-state index in [1.165, 1.54) is 148 Å². The molecule has 1 heterocycles. The molecule has 1 rings (SSSR count). The van der Waals surface area contributed by atoms with Crippen molar-refractivity contribution in [2.75, 3.05) is 13.1 Å². The summed E-state index contributed by atoms with van der Waals surface area (Å²) in [4.78, 5) is 0. The predicted molar refractivity (Wildman–Crippen MR) is 110 cm³/mol. The van der Waals surface area contributed by atoms with Crippen molar-refractivity contribution in [3.63, 3.8) is 0 Å². The highest BCUT2D eigenvalue weighted by atomic mass is 14.8. The summed E-state index contributed by atoms with van der Waals surface area (Å²) in [7, 11) is 0. The second-order valence-corrected chi connectivity index (χ2v) is 8.17. The Labute approximate surface area is 153 Å². The van der Waals surface area contributed by atoms with Gasteiger partial charge in [-0.3, -0.25) is 0 Å². The van der Waals surface area contributed by atoms with Crippen LogP contribution in [0.25, 0.3) is 0 Å². The largest absolute Gasteiger partial charge is 0.317 e. The van der Waals surface area contributed by atoms with Crippen LogP contribution in [0.1, 0.15) is 135 Å². The molecule has 0 aromatic carbocycles. The topological polar surface area (TPSA) is 12.0 Å². The maximum Gasteiger partial charge on any atom is -0.00489 e. The first kappa shape index (κ1) is 22.0. The SMILES string of the molecule is C1CCCCCCCCCCCNCCCCCCCCCCC1. The molecule has 0 spiro atoms. The Morgan fingerprint density at radius 2 is 0.375 bits per heavy atom. The van der Waals surface area contributed by atoms with Crippen molar-refractivity contribution in [2.24, 2.45) is 0 Å². The van der Waals surface area contributed by atoms with Gasteiger partial charge in [-0.25, -0.2) is 0 Å². The maximum absolute atomic E-state index is 3.64. The summed E-state index contributed by atoms with van der Waals surface area (Å²) in [6.45, 7) is 2.50. The van der Waals surface area contributed by atoms with Crippen molar-refractivity contribution in [1.82, 2.24) is 5.32 Å². The molecule has 144 valence electrons. The second-order valence-electron chi connectivity index (χ2n) is 8.17. The zero-order chi connectivity index (χ0) is 17.0. The van der Waals surface area contributed by atoms with E-state index in [9.17, 15) is 0 Å². The monoisotopic (exact) mass is 337 g/mol. The summed E-state index contributed by atoms with van der Waals surface area (Å²) in [5.41, 5.74) is 0. The van der Waals surface area contributed by atoms with Gasteiger partial charge >= 0.3 is 0 Å². The lowest BCUT2D eigenvalue weighted by molar-refractivity contribution is 0.508. The molecule has 0 saturated carbocycles. The van der Waals surface area contributed by atoms with E-state index in [2.05, 4.69) is 5.32 Å². The molecule has 1 aliphatic heterocycles. The Morgan fingerprint density at radius 1 is 0.208 bits per heavy atom. The van der Waals surface area contributed by atoms with Crippen LogP contribution in [0, 0.1) is 0 Å². The van der Waals surface area contributed by atoms with Crippen LogP contribution in [0.3, 0.4) is 0 Å². The van der Waals surface area contributed by atoms with Crippen molar-refractivity contribution >= 4 is 0 Å². The van der Waals surface area contributed by atoms with Gasteiger partial charge in [-0.2, -0.15) is 0 Å². The van der Waals surface area contributed by atoms with Crippen LogP contribution >= 0.6 is 0 Å². The van der Waals surface area contributed by atoms with Gasteiger partial charge in [0.2, 0.25) is 0 Å². The Hall–Kier alpha value is -0.0400. The highest BCUT2D eigenvalue weighted by Gasteiger charge is 1.96. The van der Waals surface area contributed by atoms with Crippen molar-refractivity contribution < 1.29 is 0 Å². The third-order valence-corrected chi connectivity index (χ3v) is 5.71. The smallest absolute Gasteiger partial charge is 0.00489 e. The summed E-state index contributed by atoms with van der Waals surface area (Å²) in [6.07, 6.45) is 30.9. The average Bonchev–Trinajstić information content (AvgIpc) is 2.59. The van der Waals surface area contributed by atoms with Crippen LogP contribution in [-0.2, 0) is 0 Å². The van der Waals surface area contributed by atoms with Crippen molar-refractivity contribution in [1.29, 1.82) is 0 Å². The van der Waals surface area contributed by atoms with Crippen LogP contribution in [0.15, 0.2) is 0 Å². The van der Waals surface area contributed by atoms with E-state index in [0.717, 1.165) is 0 Å². The van der Waals surface area contributed by atoms with Crippen molar-refractivity contribution in [3.8, 4) is 0 Å². The molecular formula is C23H47N. The van der Waals surface area contributed by atoms with Gasteiger partial charge in [0.1, 0.15) is 0 Å². The van der Waals surface area contributed by atoms with Gasteiger partial charge in [-0.1, -0.05) is 122 Å². The molecule has 1 N–H and O–H groups in total. The first-order chi connectivity index (χ1) is 12.0. The molecular weight excluding hydrogens is 290 g/mol. The molecule has 1 fully saturated rings. The van der Waals surface area contributed by atoms with Gasteiger partial charge < -0.3 is 5.32 Å². The lowest BCUT2D eigenvalue weighted by Gasteiger charge is -2.06. The Morgan fingerprint density at radius 3 is 0.583 bits per heavy atom. The fourth-order valence-corrected chi connectivity index (χ4v) is 3.98. The highest BCUT2D eigenvalue weighted by Crippen LogP contribution is 2.15.